The molecule has 0 radical (unpaired) electrons. The number of anilines is 2. The van der Waals surface area contributed by atoms with Crippen LogP contribution in [0.3, 0.4) is 0 Å². The van der Waals surface area contributed by atoms with Crippen molar-refractivity contribution in [3.63, 3.8) is 0 Å². The quantitative estimate of drug-likeness (QED) is 0.262. The third kappa shape index (κ3) is 4.59. The predicted octanol–water partition coefficient (Wildman–Crippen LogP) is 4.65. The van der Waals surface area contributed by atoms with Crippen LogP contribution in [0.4, 0.5) is 15.9 Å². The SMILES string of the molecule is CNC(=O)c1c(NC(=O)c2ccc(-c3cn[nH]c3)s2)[nH]c2cc(N(C)C(=O)c3ccc(F)cc3)ccc12. The molecule has 0 saturated carbocycles. The lowest BCUT2D eigenvalue weighted by molar-refractivity contribution is 0.0963. The van der Waals surface area contributed by atoms with Crippen molar-refractivity contribution >= 4 is 51.5 Å². The Labute approximate surface area is 214 Å². The lowest BCUT2D eigenvalue weighted by Crippen LogP contribution is -2.26. The molecular formula is C26H21FN6O3S. The second-order valence-corrected chi connectivity index (χ2v) is 9.24. The fourth-order valence-electron chi connectivity index (χ4n) is 3.93. The minimum Gasteiger partial charge on any atom is -0.355 e. The molecule has 5 rings (SSSR count). The Morgan fingerprint density at radius 1 is 1.03 bits per heavy atom. The highest BCUT2D eigenvalue weighted by Crippen LogP contribution is 2.32. The summed E-state index contributed by atoms with van der Waals surface area (Å²) in [6.45, 7) is 0. The van der Waals surface area contributed by atoms with Crippen LogP contribution in [0, 0.1) is 5.82 Å². The fraction of sp³-hybridized carbons (Fsp3) is 0.0769. The van der Waals surface area contributed by atoms with Crippen molar-refractivity contribution in [3.8, 4) is 10.4 Å². The zero-order valence-electron chi connectivity index (χ0n) is 19.8. The summed E-state index contributed by atoms with van der Waals surface area (Å²) in [7, 11) is 3.11. The van der Waals surface area contributed by atoms with Crippen LogP contribution < -0.4 is 15.5 Å². The van der Waals surface area contributed by atoms with Gasteiger partial charge in [0, 0.05) is 52.9 Å². The van der Waals surface area contributed by atoms with E-state index in [0.29, 0.717) is 27.0 Å². The van der Waals surface area contributed by atoms with Crippen LogP contribution in [0.25, 0.3) is 21.3 Å². The van der Waals surface area contributed by atoms with Gasteiger partial charge in [-0.15, -0.1) is 11.3 Å². The van der Waals surface area contributed by atoms with Gasteiger partial charge < -0.3 is 20.5 Å². The van der Waals surface area contributed by atoms with Crippen molar-refractivity contribution in [2.45, 2.75) is 0 Å². The van der Waals surface area contributed by atoms with Gasteiger partial charge in [0.1, 0.15) is 11.6 Å². The summed E-state index contributed by atoms with van der Waals surface area (Å²) >= 11 is 1.30. The molecule has 0 spiro atoms. The predicted molar refractivity (Wildman–Crippen MR) is 141 cm³/mol. The van der Waals surface area contributed by atoms with E-state index >= 15 is 0 Å². The summed E-state index contributed by atoms with van der Waals surface area (Å²) in [5.41, 5.74) is 2.58. The number of carbonyl (C=O) groups excluding carboxylic acids is 3. The second-order valence-electron chi connectivity index (χ2n) is 8.16. The highest BCUT2D eigenvalue weighted by atomic mass is 32.1. The lowest BCUT2D eigenvalue weighted by atomic mass is 10.1. The summed E-state index contributed by atoms with van der Waals surface area (Å²) in [5, 5.41) is 12.7. The highest BCUT2D eigenvalue weighted by Gasteiger charge is 2.22. The molecular weight excluding hydrogens is 495 g/mol. The first-order valence-corrected chi connectivity index (χ1v) is 12.0. The van der Waals surface area contributed by atoms with Crippen molar-refractivity contribution in [1.29, 1.82) is 0 Å². The number of aromatic nitrogens is 3. The van der Waals surface area contributed by atoms with Crippen molar-refractivity contribution in [3.05, 3.63) is 88.8 Å². The van der Waals surface area contributed by atoms with Gasteiger partial charge in [-0.2, -0.15) is 5.10 Å². The molecule has 0 aliphatic heterocycles. The van der Waals surface area contributed by atoms with Crippen LogP contribution >= 0.6 is 11.3 Å². The number of nitrogens with zero attached hydrogens (tertiary/aromatic N) is 2. The zero-order valence-corrected chi connectivity index (χ0v) is 20.6. The molecule has 2 aromatic carbocycles. The number of H-pyrrole nitrogens is 2. The van der Waals surface area contributed by atoms with E-state index < -0.39 is 5.82 Å². The van der Waals surface area contributed by atoms with E-state index in [-0.39, 0.29) is 29.1 Å². The Morgan fingerprint density at radius 3 is 2.51 bits per heavy atom. The van der Waals surface area contributed by atoms with E-state index in [2.05, 4.69) is 25.8 Å². The minimum atomic E-state index is -0.427. The van der Waals surface area contributed by atoms with Crippen molar-refractivity contribution in [2.75, 3.05) is 24.3 Å². The molecule has 0 bridgehead atoms. The van der Waals surface area contributed by atoms with Gasteiger partial charge in [0.15, 0.2) is 0 Å². The molecule has 0 atom stereocenters. The molecule has 0 unspecified atom stereocenters. The first-order chi connectivity index (χ1) is 17.9. The van der Waals surface area contributed by atoms with Gasteiger partial charge in [-0.3, -0.25) is 19.5 Å². The van der Waals surface area contributed by atoms with E-state index in [1.54, 1.807) is 43.7 Å². The Morgan fingerprint density at radius 2 is 1.81 bits per heavy atom. The standard InChI is InChI=1S/C26H21FN6O3S/c1-28-25(35)22-18-8-7-17(33(2)26(36)14-3-5-16(27)6-4-14)11-19(18)31-23(22)32-24(34)21-10-9-20(37-21)15-12-29-30-13-15/h3-13,31H,1-2H3,(H,28,35)(H,29,30)(H,32,34). The average molecular weight is 517 g/mol. The molecule has 5 aromatic rings. The van der Waals surface area contributed by atoms with Crippen LogP contribution in [0.15, 0.2) is 67.0 Å². The van der Waals surface area contributed by atoms with E-state index in [9.17, 15) is 18.8 Å². The van der Waals surface area contributed by atoms with Crippen molar-refractivity contribution in [2.24, 2.45) is 0 Å². The number of hydrogen-bond acceptors (Lipinski definition) is 5. The van der Waals surface area contributed by atoms with E-state index in [4.69, 9.17) is 0 Å². The van der Waals surface area contributed by atoms with Crippen LogP contribution in [0.5, 0.6) is 0 Å². The zero-order chi connectivity index (χ0) is 26.1. The average Bonchev–Trinajstić information content (AvgIpc) is 3.67. The number of halogens is 1. The Kier molecular flexibility index (Phi) is 6.28. The fourth-order valence-corrected chi connectivity index (χ4v) is 4.81. The first-order valence-electron chi connectivity index (χ1n) is 11.2. The van der Waals surface area contributed by atoms with Gasteiger partial charge in [-0.05, 0) is 54.6 Å². The third-order valence-electron chi connectivity index (χ3n) is 5.87. The van der Waals surface area contributed by atoms with Gasteiger partial charge in [0.25, 0.3) is 17.7 Å². The Hall–Kier alpha value is -4.77. The van der Waals surface area contributed by atoms with Crippen LogP contribution in [-0.4, -0.2) is 47.0 Å². The number of nitrogens with one attached hydrogen (secondary N) is 4. The highest BCUT2D eigenvalue weighted by molar-refractivity contribution is 7.17. The molecule has 0 fully saturated rings. The van der Waals surface area contributed by atoms with Gasteiger partial charge in [-0.25, -0.2) is 4.39 Å². The molecule has 37 heavy (non-hydrogen) atoms. The summed E-state index contributed by atoms with van der Waals surface area (Å²) in [5.74, 6) is -1.27. The largest absolute Gasteiger partial charge is 0.355 e. The number of hydrogen-bond donors (Lipinski definition) is 4. The summed E-state index contributed by atoms with van der Waals surface area (Å²) < 4.78 is 13.3. The molecule has 4 N–H and O–H groups in total. The van der Waals surface area contributed by atoms with Crippen LogP contribution in [-0.2, 0) is 0 Å². The Balaban J connectivity index is 1.45. The molecule has 0 aliphatic rings. The maximum Gasteiger partial charge on any atom is 0.266 e. The molecule has 11 heteroatoms. The summed E-state index contributed by atoms with van der Waals surface area (Å²) in [6.07, 6.45) is 3.41. The van der Waals surface area contributed by atoms with Crippen molar-refractivity contribution in [1.82, 2.24) is 20.5 Å². The number of thiophene rings is 1. The summed E-state index contributed by atoms with van der Waals surface area (Å²) in [4.78, 5) is 44.5. The number of amides is 3. The molecule has 186 valence electrons. The molecule has 3 heterocycles. The smallest absolute Gasteiger partial charge is 0.266 e. The van der Waals surface area contributed by atoms with E-state index in [0.717, 1.165) is 10.4 Å². The monoisotopic (exact) mass is 516 g/mol. The molecule has 9 nitrogen and oxygen atoms in total. The molecule has 3 aromatic heterocycles. The van der Waals surface area contributed by atoms with Gasteiger partial charge >= 0.3 is 0 Å². The number of fused-ring (bicyclic) bond motifs is 1. The van der Waals surface area contributed by atoms with E-state index in [1.165, 1.54) is 47.5 Å². The van der Waals surface area contributed by atoms with Crippen molar-refractivity contribution < 1.29 is 18.8 Å². The second kappa shape index (κ2) is 9.70. The van der Waals surface area contributed by atoms with Gasteiger partial charge in [0.2, 0.25) is 0 Å². The molecule has 3 amide bonds. The van der Waals surface area contributed by atoms with Crippen LogP contribution in [0.1, 0.15) is 30.4 Å². The molecule has 0 aliphatic carbocycles. The van der Waals surface area contributed by atoms with E-state index in [1.807, 2.05) is 6.07 Å². The normalized spacial score (nSPS) is 10.9. The number of carbonyl (C=O) groups is 3. The van der Waals surface area contributed by atoms with Gasteiger partial charge in [0.05, 0.1) is 16.6 Å². The minimum absolute atomic E-state index is 0.238. The number of rotatable bonds is 6. The number of benzene rings is 2. The maximum atomic E-state index is 13.3. The topological polar surface area (TPSA) is 123 Å². The number of aromatic amines is 2. The molecule has 0 saturated heterocycles. The van der Waals surface area contributed by atoms with Gasteiger partial charge in [-0.1, -0.05) is 0 Å². The van der Waals surface area contributed by atoms with Crippen LogP contribution in [0.2, 0.25) is 0 Å². The Bertz CT molecular complexity index is 1620. The third-order valence-corrected chi connectivity index (χ3v) is 7.00. The maximum absolute atomic E-state index is 13.3. The first kappa shape index (κ1) is 23.9. The summed E-state index contributed by atoms with van der Waals surface area (Å²) in [6, 6.07) is 13.9. The lowest BCUT2D eigenvalue weighted by Gasteiger charge is -2.17.